The van der Waals surface area contributed by atoms with E-state index >= 15 is 0 Å². The van der Waals surface area contributed by atoms with E-state index in [0.717, 1.165) is 34.0 Å². The Kier molecular flexibility index (Phi) is 5.80. The second kappa shape index (κ2) is 8.84. The third-order valence-electron chi connectivity index (χ3n) is 5.24. The molecule has 0 unspecified atom stereocenters. The first-order valence-electron chi connectivity index (χ1n) is 10.3. The molecule has 0 bridgehead atoms. The predicted octanol–water partition coefficient (Wildman–Crippen LogP) is 4.66. The highest BCUT2D eigenvalue weighted by molar-refractivity contribution is 5.68. The van der Waals surface area contributed by atoms with Crippen LogP contribution in [0.25, 0.3) is 23.5 Å². The molecule has 0 radical (unpaired) electrons. The molecule has 1 aromatic heterocycles. The maximum atomic E-state index is 13.6. The molecule has 0 aliphatic heterocycles. The fourth-order valence-electron chi connectivity index (χ4n) is 3.62. The Morgan fingerprint density at radius 2 is 1.42 bits per heavy atom. The van der Waals surface area contributed by atoms with Gasteiger partial charge in [0.05, 0.1) is 0 Å². The Bertz CT molecular complexity index is 1260. The maximum absolute atomic E-state index is 13.6. The Labute approximate surface area is 183 Å². The van der Waals surface area contributed by atoms with Gasteiger partial charge < -0.3 is 4.90 Å². The van der Waals surface area contributed by atoms with Gasteiger partial charge in [0.15, 0.2) is 0 Å². The normalized spacial score (nSPS) is 11.1. The average Bonchev–Trinajstić information content (AvgIpc) is 2.79. The van der Waals surface area contributed by atoms with Crippen LogP contribution >= 0.6 is 0 Å². The number of hydrogen-bond donors (Lipinski definition) is 0. The maximum Gasteiger partial charge on any atom is 0.508 e. The lowest BCUT2D eigenvalue weighted by Crippen LogP contribution is -2.54. The highest BCUT2D eigenvalue weighted by atomic mass is 16.1. The second-order valence-corrected chi connectivity index (χ2v) is 7.65. The first-order chi connectivity index (χ1) is 15.0. The summed E-state index contributed by atoms with van der Waals surface area (Å²) in [6.45, 7) is 1.97. The van der Waals surface area contributed by atoms with Crippen molar-refractivity contribution in [2.45, 2.75) is 6.92 Å². The van der Waals surface area contributed by atoms with Gasteiger partial charge >= 0.3 is 5.69 Å². The number of rotatable bonds is 5. The van der Waals surface area contributed by atoms with Crippen molar-refractivity contribution in [1.29, 1.82) is 0 Å². The largest absolute Gasteiger partial charge is 0.508 e. The number of benzene rings is 3. The van der Waals surface area contributed by atoms with Gasteiger partial charge in [-0.3, -0.25) is 0 Å². The molecule has 4 nitrogen and oxygen atoms in total. The fraction of sp³-hybridized carbons (Fsp3) is 0.111. The topological polar surface area (TPSA) is 29.1 Å². The van der Waals surface area contributed by atoms with Gasteiger partial charge in [-0.25, -0.2) is 0 Å². The lowest BCUT2D eigenvalue weighted by molar-refractivity contribution is -0.618. The molecule has 0 atom stereocenters. The van der Waals surface area contributed by atoms with Crippen LogP contribution in [0.1, 0.15) is 17.0 Å². The van der Waals surface area contributed by atoms with Crippen LogP contribution in [0.2, 0.25) is 0 Å². The Hall–Kier alpha value is -3.92. The summed E-state index contributed by atoms with van der Waals surface area (Å²) in [7, 11) is 4.05. The monoisotopic (exact) mass is 408 g/mol. The number of aryl methyl sites for hydroxylation is 1. The Morgan fingerprint density at radius 1 is 0.806 bits per heavy atom. The minimum absolute atomic E-state index is 0.0972. The van der Waals surface area contributed by atoms with Crippen LogP contribution in [0.4, 0.5) is 5.69 Å². The van der Waals surface area contributed by atoms with Gasteiger partial charge in [-0.1, -0.05) is 54.6 Å². The third kappa shape index (κ3) is 4.33. The minimum atomic E-state index is -0.0972. The molecule has 0 aliphatic carbocycles. The van der Waals surface area contributed by atoms with E-state index in [1.807, 2.05) is 99.9 Å². The van der Waals surface area contributed by atoms with E-state index in [0.29, 0.717) is 0 Å². The summed E-state index contributed by atoms with van der Waals surface area (Å²) in [5.41, 5.74) is 5.53. The lowest BCUT2D eigenvalue weighted by Gasteiger charge is -2.12. The molecule has 154 valence electrons. The van der Waals surface area contributed by atoms with Gasteiger partial charge in [-0.05, 0) is 55.0 Å². The summed E-state index contributed by atoms with van der Waals surface area (Å²) in [6.07, 6.45) is 4.04. The molecule has 4 rings (SSSR count). The van der Waals surface area contributed by atoms with E-state index in [2.05, 4.69) is 29.2 Å². The van der Waals surface area contributed by atoms with Crippen LogP contribution in [0.15, 0.2) is 95.8 Å². The van der Waals surface area contributed by atoms with Crippen LogP contribution in [-0.4, -0.2) is 18.7 Å². The van der Waals surface area contributed by atoms with E-state index in [1.54, 1.807) is 9.13 Å². The summed E-state index contributed by atoms with van der Waals surface area (Å²) < 4.78 is 3.50. The molecule has 0 N–H and O–H groups in total. The number of hydrogen-bond acceptors (Lipinski definition) is 2. The van der Waals surface area contributed by atoms with Crippen molar-refractivity contribution in [3.05, 3.63) is 118 Å². The van der Waals surface area contributed by atoms with Gasteiger partial charge in [-0.2, -0.15) is 13.9 Å². The number of nitrogens with zero attached hydrogens (tertiary/aromatic N) is 3. The van der Waals surface area contributed by atoms with Crippen molar-refractivity contribution in [3.8, 4) is 11.4 Å². The number of para-hydroxylation sites is 2. The molecule has 0 amide bonds. The summed E-state index contributed by atoms with van der Waals surface area (Å²) >= 11 is 0. The first-order valence-corrected chi connectivity index (χ1v) is 10.3. The number of aromatic nitrogens is 2. The van der Waals surface area contributed by atoms with Gasteiger partial charge in [0.1, 0.15) is 22.8 Å². The number of anilines is 1. The van der Waals surface area contributed by atoms with E-state index < -0.39 is 0 Å². The molecular formula is C27H26N3O+. The first kappa shape index (κ1) is 20.4. The van der Waals surface area contributed by atoms with Crippen LogP contribution in [0, 0.1) is 6.92 Å². The smallest absolute Gasteiger partial charge is 0.378 e. The molecule has 0 fully saturated rings. The van der Waals surface area contributed by atoms with Crippen molar-refractivity contribution in [2.75, 3.05) is 19.0 Å². The van der Waals surface area contributed by atoms with E-state index in [-0.39, 0.29) is 5.69 Å². The van der Waals surface area contributed by atoms with Gasteiger partial charge in [0.2, 0.25) is 0 Å². The van der Waals surface area contributed by atoms with E-state index in [9.17, 15) is 4.79 Å². The van der Waals surface area contributed by atoms with Crippen LogP contribution < -0.4 is 15.2 Å². The lowest BCUT2D eigenvalue weighted by atomic mass is 10.1. The fourth-order valence-corrected chi connectivity index (χ4v) is 3.62. The predicted molar refractivity (Wildman–Crippen MR) is 128 cm³/mol. The standard InChI is InChI=1S/C27H26N3O/c1-21-20-26(19-16-22-14-17-23(18-15-22)28(2)3)30(25-12-8-5-9-13-25)27(31)29(21)24-10-6-4-7-11-24/h4-20H,1-3H3/q+1. The van der Waals surface area contributed by atoms with Crippen LogP contribution in [0.3, 0.4) is 0 Å². The summed E-state index contributed by atoms with van der Waals surface area (Å²) in [4.78, 5) is 15.7. The van der Waals surface area contributed by atoms with Crippen LogP contribution in [0.5, 0.6) is 0 Å². The van der Waals surface area contributed by atoms with E-state index in [4.69, 9.17) is 0 Å². The van der Waals surface area contributed by atoms with Crippen molar-refractivity contribution >= 4 is 17.8 Å². The quantitative estimate of drug-likeness (QED) is 0.450. The molecule has 31 heavy (non-hydrogen) atoms. The summed E-state index contributed by atoms with van der Waals surface area (Å²) in [5.74, 6) is 0. The Balaban J connectivity index is 1.85. The zero-order chi connectivity index (χ0) is 21.8. The van der Waals surface area contributed by atoms with Crippen molar-refractivity contribution in [1.82, 2.24) is 4.57 Å². The van der Waals surface area contributed by atoms with Crippen LogP contribution in [-0.2, 0) is 0 Å². The summed E-state index contributed by atoms with van der Waals surface area (Å²) in [6, 6.07) is 29.9. The average molecular weight is 409 g/mol. The van der Waals surface area contributed by atoms with Crippen molar-refractivity contribution < 1.29 is 4.57 Å². The highest BCUT2D eigenvalue weighted by Gasteiger charge is 2.21. The molecule has 4 aromatic rings. The molecular weight excluding hydrogens is 382 g/mol. The zero-order valence-corrected chi connectivity index (χ0v) is 18.1. The minimum Gasteiger partial charge on any atom is -0.378 e. The molecule has 4 heteroatoms. The molecule has 0 saturated heterocycles. The molecule has 1 heterocycles. The molecule has 0 aliphatic rings. The molecule has 3 aromatic carbocycles. The van der Waals surface area contributed by atoms with Gasteiger partial charge in [-0.15, -0.1) is 0 Å². The molecule has 0 spiro atoms. The van der Waals surface area contributed by atoms with Crippen molar-refractivity contribution in [2.24, 2.45) is 0 Å². The zero-order valence-electron chi connectivity index (χ0n) is 18.1. The highest BCUT2D eigenvalue weighted by Crippen LogP contribution is 2.15. The van der Waals surface area contributed by atoms with Crippen molar-refractivity contribution in [3.63, 3.8) is 0 Å². The summed E-state index contributed by atoms with van der Waals surface area (Å²) in [5, 5.41) is 0. The van der Waals surface area contributed by atoms with Gasteiger partial charge in [0.25, 0.3) is 0 Å². The second-order valence-electron chi connectivity index (χ2n) is 7.65. The van der Waals surface area contributed by atoms with Gasteiger partial charge in [0, 0.05) is 25.8 Å². The SMILES string of the molecule is Cc1cc(C=Cc2ccc(N(C)C)cc2)[n+](-c2ccccc2)c(=O)n1-c1ccccc1. The third-order valence-corrected chi connectivity index (χ3v) is 5.24. The van der Waals surface area contributed by atoms with E-state index in [1.165, 1.54) is 0 Å². The Morgan fingerprint density at radius 3 is 2.03 bits per heavy atom. The molecule has 0 saturated carbocycles.